The van der Waals surface area contributed by atoms with Crippen LogP contribution in [0, 0.1) is 12.8 Å². The highest BCUT2D eigenvalue weighted by molar-refractivity contribution is 5.95. The topological polar surface area (TPSA) is 88.0 Å². The standard InChI is InChI=1S/C14H23N3O2/c1-9(2)6-14(4,8-15)17-13(19)11-7-16-12(18)5-10(11)3/h5,7,9H,6,8,15H2,1-4H3,(H,16,18)(H,17,19). The minimum atomic E-state index is -0.437. The molecule has 106 valence electrons. The molecule has 0 aromatic carbocycles. The molecule has 0 aliphatic heterocycles. The van der Waals surface area contributed by atoms with Gasteiger partial charge in [0.2, 0.25) is 5.56 Å². The van der Waals surface area contributed by atoms with Crippen molar-refractivity contribution in [3.8, 4) is 0 Å². The number of aryl methyl sites for hydroxylation is 1. The van der Waals surface area contributed by atoms with Crippen LogP contribution in [0.3, 0.4) is 0 Å². The molecule has 1 aromatic heterocycles. The van der Waals surface area contributed by atoms with Gasteiger partial charge in [0.1, 0.15) is 0 Å². The first-order valence-corrected chi connectivity index (χ1v) is 6.49. The predicted octanol–water partition coefficient (Wildman–Crippen LogP) is 1.18. The molecule has 5 nitrogen and oxygen atoms in total. The molecule has 1 unspecified atom stereocenters. The Kier molecular flexibility index (Phi) is 4.89. The maximum atomic E-state index is 12.2. The lowest BCUT2D eigenvalue weighted by Gasteiger charge is -2.31. The first kappa shape index (κ1) is 15.4. The zero-order valence-corrected chi connectivity index (χ0v) is 12.0. The number of hydrogen-bond donors (Lipinski definition) is 3. The normalized spacial score (nSPS) is 14.2. The zero-order chi connectivity index (χ0) is 14.6. The molecule has 1 heterocycles. The molecule has 0 saturated heterocycles. The predicted molar refractivity (Wildman–Crippen MR) is 76.2 cm³/mol. The van der Waals surface area contributed by atoms with E-state index in [0.29, 0.717) is 23.6 Å². The smallest absolute Gasteiger partial charge is 0.253 e. The molecular formula is C14H23N3O2. The molecule has 4 N–H and O–H groups in total. The van der Waals surface area contributed by atoms with Crippen molar-refractivity contribution in [2.75, 3.05) is 6.54 Å². The van der Waals surface area contributed by atoms with Crippen molar-refractivity contribution in [1.82, 2.24) is 10.3 Å². The summed E-state index contributed by atoms with van der Waals surface area (Å²) in [6, 6.07) is 1.41. The molecule has 1 atom stereocenters. The van der Waals surface area contributed by atoms with Gasteiger partial charge in [-0.3, -0.25) is 9.59 Å². The van der Waals surface area contributed by atoms with Crippen LogP contribution in [0.25, 0.3) is 0 Å². The first-order chi connectivity index (χ1) is 8.77. The fourth-order valence-electron chi connectivity index (χ4n) is 2.25. The number of carbonyl (C=O) groups is 1. The van der Waals surface area contributed by atoms with Gasteiger partial charge in [-0.2, -0.15) is 0 Å². The average Bonchev–Trinajstić information content (AvgIpc) is 2.27. The summed E-state index contributed by atoms with van der Waals surface area (Å²) in [6.07, 6.45) is 2.25. The summed E-state index contributed by atoms with van der Waals surface area (Å²) < 4.78 is 0. The molecule has 5 heteroatoms. The Bertz CT molecular complexity index is 508. The highest BCUT2D eigenvalue weighted by Gasteiger charge is 2.26. The highest BCUT2D eigenvalue weighted by atomic mass is 16.2. The maximum Gasteiger partial charge on any atom is 0.253 e. The number of aromatic nitrogens is 1. The van der Waals surface area contributed by atoms with Crippen LogP contribution in [-0.4, -0.2) is 23.0 Å². The van der Waals surface area contributed by atoms with Crippen LogP contribution in [0.4, 0.5) is 0 Å². The number of H-pyrrole nitrogens is 1. The Labute approximate surface area is 113 Å². The van der Waals surface area contributed by atoms with Gasteiger partial charge in [-0.25, -0.2) is 0 Å². The number of amides is 1. The number of nitrogens with one attached hydrogen (secondary N) is 2. The SMILES string of the molecule is Cc1cc(=O)[nH]cc1C(=O)NC(C)(CN)CC(C)C. The molecule has 0 fully saturated rings. The summed E-state index contributed by atoms with van der Waals surface area (Å²) in [5.41, 5.74) is 6.26. The quantitative estimate of drug-likeness (QED) is 0.747. The molecule has 0 saturated carbocycles. The van der Waals surface area contributed by atoms with Gasteiger partial charge in [-0.15, -0.1) is 0 Å². The third-order valence-corrected chi connectivity index (χ3v) is 3.10. The van der Waals surface area contributed by atoms with Crippen LogP contribution in [0.5, 0.6) is 0 Å². The largest absolute Gasteiger partial charge is 0.346 e. The Morgan fingerprint density at radius 3 is 2.63 bits per heavy atom. The fourth-order valence-corrected chi connectivity index (χ4v) is 2.25. The highest BCUT2D eigenvalue weighted by Crippen LogP contribution is 2.16. The van der Waals surface area contributed by atoms with Crippen molar-refractivity contribution in [3.63, 3.8) is 0 Å². The number of pyridine rings is 1. The number of hydrogen-bond acceptors (Lipinski definition) is 3. The number of rotatable bonds is 5. The molecule has 0 radical (unpaired) electrons. The molecular weight excluding hydrogens is 242 g/mol. The van der Waals surface area contributed by atoms with Crippen molar-refractivity contribution in [2.45, 2.75) is 39.7 Å². The van der Waals surface area contributed by atoms with Crippen molar-refractivity contribution >= 4 is 5.91 Å². The van der Waals surface area contributed by atoms with Crippen molar-refractivity contribution < 1.29 is 4.79 Å². The molecule has 19 heavy (non-hydrogen) atoms. The second-order valence-corrected chi connectivity index (χ2v) is 5.71. The molecule has 0 bridgehead atoms. The van der Waals surface area contributed by atoms with E-state index < -0.39 is 5.54 Å². The van der Waals surface area contributed by atoms with E-state index in [0.717, 1.165) is 6.42 Å². The summed E-state index contributed by atoms with van der Waals surface area (Å²) in [4.78, 5) is 25.9. The van der Waals surface area contributed by atoms with E-state index in [1.165, 1.54) is 12.3 Å². The van der Waals surface area contributed by atoms with Crippen molar-refractivity contribution in [3.05, 3.63) is 33.7 Å². The Balaban J connectivity index is 2.91. The number of nitrogens with two attached hydrogens (primary N) is 1. The van der Waals surface area contributed by atoms with Crippen LogP contribution in [-0.2, 0) is 0 Å². The Hall–Kier alpha value is -1.62. The average molecular weight is 265 g/mol. The van der Waals surface area contributed by atoms with Crippen LogP contribution < -0.4 is 16.6 Å². The van der Waals surface area contributed by atoms with Gasteiger partial charge in [-0.05, 0) is 31.7 Å². The minimum Gasteiger partial charge on any atom is -0.346 e. The molecule has 1 rings (SSSR count). The Morgan fingerprint density at radius 2 is 2.16 bits per heavy atom. The summed E-state index contributed by atoms with van der Waals surface area (Å²) in [6.45, 7) is 8.23. The molecule has 0 aliphatic carbocycles. The number of aromatic amines is 1. The van der Waals surface area contributed by atoms with Crippen molar-refractivity contribution in [2.24, 2.45) is 11.7 Å². The van der Waals surface area contributed by atoms with Crippen LogP contribution >= 0.6 is 0 Å². The lowest BCUT2D eigenvalue weighted by Crippen LogP contribution is -2.52. The monoisotopic (exact) mass is 265 g/mol. The van der Waals surface area contributed by atoms with Crippen LogP contribution in [0.15, 0.2) is 17.1 Å². The van der Waals surface area contributed by atoms with Gasteiger partial charge < -0.3 is 16.0 Å². The van der Waals surface area contributed by atoms with Gasteiger partial charge in [-0.1, -0.05) is 13.8 Å². The van der Waals surface area contributed by atoms with E-state index in [2.05, 4.69) is 24.1 Å². The van der Waals surface area contributed by atoms with E-state index in [-0.39, 0.29) is 11.5 Å². The molecule has 1 aromatic rings. The van der Waals surface area contributed by atoms with E-state index in [9.17, 15) is 9.59 Å². The van der Waals surface area contributed by atoms with Gasteiger partial charge in [0.15, 0.2) is 0 Å². The van der Waals surface area contributed by atoms with E-state index in [4.69, 9.17) is 5.73 Å². The second kappa shape index (κ2) is 6.02. The third kappa shape index (κ3) is 4.21. The van der Waals surface area contributed by atoms with E-state index >= 15 is 0 Å². The number of carbonyl (C=O) groups excluding carboxylic acids is 1. The van der Waals surface area contributed by atoms with E-state index in [1.807, 2.05) is 6.92 Å². The van der Waals surface area contributed by atoms with Gasteiger partial charge >= 0.3 is 0 Å². The van der Waals surface area contributed by atoms with E-state index in [1.54, 1.807) is 6.92 Å². The lowest BCUT2D eigenvalue weighted by molar-refractivity contribution is 0.0897. The molecule has 1 amide bonds. The van der Waals surface area contributed by atoms with Gasteiger partial charge in [0.25, 0.3) is 5.91 Å². The first-order valence-electron chi connectivity index (χ1n) is 6.49. The minimum absolute atomic E-state index is 0.206. The Morgan fingerprint density at radius 1 is 1.53 bits per heavy atom. The van der Waals surface area contributed by atoms with Crippen LogP contribution in [0.2, 0.25) is 0 Å². The summed E-state index contributed by atoms with van der Waals surface area (Å²) in [5, 5.41) is 2.97. The summed E-state index contributed by atoms with van der Waals surface area (Å²) >= 11 is 0. The summed E-state index contributed by atoms with van der Waals surface area (Å²) in [7, 11) is 0. The molecule has 0 spiro atoms. The van der Waals surface area contributed by atoms with Crippen molar-refractivity contribution in [1.29, 1.82) is 0 Å². The lowest BCUT2D eigenvalue weighted by atomic mass is 9.90. The van der Waals surface area contributed by atoms with Gasteiger partial charge in [0, 0.05) is 24.3 Å². The second-order valence-electron chi connectivity index (χ2n) is 5.71. The van der Waals surface area contributed by atoms with Gasteiger partial charge in [0.05, 0.1) is 5.56 Å². The third-order valence-electron chi connectivity index (χ3n) is 3.10. The molecule has 0 aliphatic rings. The summed E-state index contributed by atoms with van der Waals surface area (Å²) in [5.74, 6) is 0.230. The van der Waals surface area contributed by atoms with Crippen LogP contribution in [0.1, 0.15) is 43.1 Å². The maximum absolute atomic E-state index is 12.2. The fraction of sp³-hybridized carbons (Fsp3) is 0.571. The zero-order valence-electron chi connectivity index (χ0n) is 12.0.